The van der Waals surface area contributed by atoms with Crippen molar-refractivity contribution in [3.63, 3.8) is 0 Å². The van der Waals surface area contributed by atoms with Gasteiger partial charge in [0.05, 0.1) is 6.61 Å². The highest BCUT2D eigenvalue weighted by molar-refractivity contribution is 5.39. The third kappa shape index (κ3) is 2.65. The molecule has 10 heteroatoms. The van der Waals surface area contributed by atoms with Crippen LogP contribution in [-0.4, -0.2) is 56.0 Å². The molecule has 2 aromatic heterocycles. The second kappa shape index (κ2) is 5.75. The summed E-state index contributed by atoms with van der Waals surface area (Å²) in [5.41, 5.74) is 2.44. The lowest BCUT2D eigenvalue weighted by Gasteiger charge is -2.20. The predicted molar refractivity (Wildman–Crippen MR) is 70.2 cm³/mol. The van der Waals surface area contributed by atoms with Crippen LogP contribution in [0.1, 0.15) is 6.42 Å². The van der Waals surface area contributed by atoms with E-state index in [-0.39, 0.29) is 5.95 Å². The molecule has 0 aromatic carbocycles. The van der Waals surface area contributed by atoms with E-state index in [9.17, 15) is 0 Å². The van der Waals surface area contributed by atoms with Crippen LogP contribution in [0.25, 0.3) is 5.95 Å². The Balaban J connectivity index is 1.95. The van der Waals surface area contributed by atoms with Crippen molar-refractivity contribution in [1.29, 1.82) is 0 Å². The fraction of sp³-hybridized carbons (Fsp3) is 0.500. The van der Waals surface area contributed by atoms with Gasteiger partial charge in [-0.15, -0.1) is 0 Å². The van der Waals surface area contributed by atoms with E-state index >= 15 is 0 Å². The smallest absolute Gasteiger partial charge is 0.258 e. The monoisotopic (exact) mass is 277 g/mol. The second-order valence-electron chi connectivity index (χ2n) is 4.20. The third-order valence-corrected chi connectivity index (χ3v) is 2.87. The van der Waals surface area contributed by atoms with Crippen LogP contribution in [0.15, 0.2) is 12.7 Å². The van der Waals surface area contributed by atoms with Gasteiger partial charge in [-0.1, -0.05) is 0 Å². The fourth-order valence-electron chi connectivity index (χ4n) is 1.92. The van der Waals surface area contributed by atoms with Crippen molar-refractivity contribution in [3.8, 4) is 5.95 Å². The van der Waals surface area contributed by atoms with E-state index in [0.717, 1.165) is 26.1 Å². The molecule has 0 unspecified atom stereocenters. The summed E-state index contributed by atoms with van der Waals surface area (Å²) in [6, 6.07) is 0. The largest absolute Gasteiger partial charge is 0.380 e. The van der Waals surface area contributed by atoms with Crippen LogP contribution in [0.3, 0.4) is 0 Å². The molecule has 0 saturated carbocycles. The van der Waals surface area contributed by atoms with Gasteiger partial charge in [0.15, 0.2) is 0 Å². The zero-order chi connectivity index (χ0) is 13.8. The zero-order valence-corrected chi connectivity index (χ0v) is 10.8. The summed E-state index contributed by atoms with van der Waals surface area (Å²) in [5.74, 6) is 6.60. The molecular formula is C10H15N9O. The molecule has 1 aliphatic rings. The molecule has 10 nitrogen and oxygen atoms in total. The lowest BCUT2D eigenvalue weighted by atomic mass is 10.4. The first-order chi connectivity index (χ1) is 9.86. The molecule has 0 bridgehead atoms. The Kier molecular flexibility index (Phi) is 3.65. The number of anilines is 2. The molecule has 0 radical (unpaired) electrons. The van der Waals surface area contributed by atoms with Crippen molar-refractivity contribution in [2.24, 2.45) is 5.84 Å². The topological polar surface area (TPSA) is 120 Å². The average Bonchev–Trinajstić information content (AvgIpc) is 2.89. The minimum absolute atomic E-state index is 0.283. The Morgan fingerprint density at radius 2 is 2.05 bits per heavy atom. The van der Waals surface area contributed by atoms with E-state index in [1.165, 1.54) is 17.3 Å². The first-order valence-electron chi connectivity index (χ1n) is 6.27. The molecular weight excluding hydrogens is 262 g/mol. The number of aromatic nitrogens is 6. The molecule has 3 N–H and O–H groups in total. The number of nitrogens with zero attached hydrogens (tertiary/aromatic N) is 7. The summed E-state index contributed by atoms with van der Waals surface area (Å²) in [6.07, 6.45) is 3.86. The molecule has 3 heterocycles. The van der Waals surface area contributed by atoms with Crippen LogP contribution in [-0.2, 0) is 4.74 Å². The van der Waals surface area contributed by atoms with E-state index < -0.39 is 0 Å². The molecule has 0 amide bonds. The second-order valence-corrected chi connectivity index (χ2v) is 4.20. The number of rotatable bonds is 3. The summed E-state index contributed by atoms with van der Waals surface area (Å²) < 4.78 is 6.88. The van der Waals surface area contributed by atoms with Gasteiger partial charge < -0.3 is 9.64 Å². The summed E-state index contributed by atoms with van der Waals surface area (Å²) in [4.78, 5) is 18.8. The maximum Gasteiger partial charge on any atom is 0.258 e. The van der Waals surface area contributed by atoms with Gasteiger partial charge in [0, 0.05) is 19.7 Å². The molecule has 3 rings (SSSR count). The number of hydrogen-bond donors (Lipinski definition) is 2. The lowest BCUT2D eigenvalue weighted by molar-refractivity contribution is 0.152. The van der Waals surface area contributed by atoms with E-state index in [4.69, 9.17) is 10.6 Å². The van der Waals surface area contributed by atoms with E-state index in [1.807, 2.05) is 4.90 Å². The Labute approximate surface area is 115 Å². The number of nitrogens with two attached hydrogens (primary N) is 1. The van der Waals surface area contributed by atoms with E-state index in [1.54, 1.807) is 0 Å². The number of hydrogen-bond acceptors (Lipinski definition) is 9. The Morgan fingerprint density at radius 1 is 1.15 bits per heavy atom. The number of ether oxygens (including phenoxy) is 1. The van der Waals surface area contributed by atoms with Crippen molar-refractivity contribution in [1.82, 2.24) is 29.7 Å². The molecule has 2 aromatic rings. The standard InChI is InChI=1S/C10H15N9O/c11-17-8-14-9(18-2-1-4-20-5-3-18)16-10(15-8)19-7-12-6-13-19/h6-7H,1-5,11H2,(H,14,15,16,17). The van der Waals surface area contributed by atoms with Crippen molar-refractivity contribution < 1.29 is 4.74 Å². The van der Waals surface area contributed by atoms with Crippen molar-refractivity contribution in [2.45, 2.75) is 6.42 Å². The summed E-state index contributed by atoms with van der Waals surface area (Å²) in [5, 5.41) is 4.01. The highest BCUT2D eigenvalue weighted by atomic mass is 16.5. The van der Waals surface area contributed by atoms with Gasteiger partial charge in [0.2, 0.25) is 11.9 Å². The maximum absolute atomic E-state index is 5.42. The van der Waals surface area contributed by atoms with E-state index in [0.29, 0.717) is 18.5 Å². The third-order valence-electron chi connectivity index (χ3n) is 2.87. The summed E-state index contributed by atoms with van der Waals surface area (Å²) in [7, 11) is 0. The van der Waals surface area contributed by atoms with Gasteiger partial charge in [-0.25, -0.2) is 10.8 Å². The quantitative estimate of drug-likeness (QED) is 0.535. The van der Waals surface area contributed by atoms with Crippen LogP contribution >= 0.6 is 0 Å². The minimum atomic E-state index is 0.283. The predicted octanol–water partition coefficient (Wildman–Crippen LogP) is -1.04. The van der Waals surface area contributed by atoms with Crippen LogP contribution in [0.5, 0.6) is 0 Å². The van der Waals surface area contributed by atoms with Gasteiger partial charge in [-0.3, -0.25) is 5.43 Å². The molecule has 106 valence electrons. The van der Waals surface area contributed by atoms with Gasteiger partial charge in [0.1, 0.15) is 12.7 Å². The van der Waals surface area contributed by atoms with Crippen LogP contribution < -0.4 is 16.2 Å². The Morgan fingerprint density at radius 3 is 2.85 bits per heavy atom. The maximum atomic E-state index is 5.42. The van der Waals surface area contributed by atoms with Crippen LogP contribution in [0, 0.1) is 0 Å². The highest BCUT2D eigenvalue weighted by Gasteiger charge is 2.16. The SMILES string of the molecule is NNc1nc(N2CCCOCC2)nc(-n2cncn2)n1. The normalized spacial score (nSPS) is 15.9. The minimum Gasteiger partial charge on any atom is -0.380 e. The first kappa shape index (κ1) is 12.7. The summed E-state index contributed by atoms with van der Waals surface area (Å²) >= 11 is 0. The van der Waals surface area contributed by atoms with Gasteiger partial charge in [-0.05, 0) is 6.42 Å². The first-order valence-corrected chi connectivity index (χ1v) is 6.27. The zero-order valence-electron chi connectivity index (χ0n) is 10.8. The molecule has 1 fully saturated rings. The molecule has 0 spiro atoms. The fourth-order valence-corrected chi connectivity index (χ4v) is 1.92. The van der Waals surface area contributed by atoms with Gasteiger partial charge in [0.25, 0.3) is 5.95 Å². The lowest BCUT2D eigenvalue weighted by Crippen LogP contribution is -2.29. The molecule has 1 aliphatic heterocycles. The van der Waals surface area contributed by atoms with Gasteiger partial charge in [-0.2, -0.15) is 24.7 Å². The van der Waals surface area contributed by atoms with Crippen molar-refractivity contribution in [3.05, 3.63) is 12.7 Å². The average molecular weight is 277 g/mol. The number of nitrogen functional groups attached to an aromatic ring is 1. The van der Waals surface area contributed by atoms with E-state index in [2.05, 4.69) is 30.5 Å². The van der Waals surface area contributed by atoms with Crippen molar-refractivity contribution >= 4 is 11.9 Å². The number of hydrazine groups is 1. The Bertz CT molecular complexity index is 550. The van der Waals surface area contributed by atoms with Crippen molar-refractivity contribution in [2.75, 3.05) is 36.6 Å². The number of nitrogens with one attached hydrogen (secondary N) is 1. The molecule has 0 atom stereocenters. The molecule has 20 heavy (non-hydrogen) atoms. The Hall–Kier alpha value is -2.33. The van der Waals surface area contributed by atoms with Crippen LogP contribution in [0.4, 0.5) is 11.9 Å². The summed E-state index contributed by atoms with van der Waals surface area (Å²) in [6.45, 7) is 2.95. The van der Waals surface area contributed by atoms with Gasteiger partial charge >= 0.3 is 0 Å². The molecule has 1 saturated heterocycles. The molecule has 0 aliphatic carbocycles. The van der Waals surface area contributed by atoms with Crippen LogP contribution in [0.2, 0.25) is 0 Å². The highest BCUT2D eigenvalue weighted by Crippen LogP contribution is 2.14.